The molecule has 1 aromatic carbocycles. The van der Waals surface area contributed by atoms with Gasteiger partial charge in [0.1, 0.15) is 0 Å². The molecule has 2 aromatic rings. The van der Waals surface area contributed by atoms with E-state index in [1.165, 1.54) is 0 Å². The molecule has 1 amide bonds. The number of hydrogen-bond donors (Lipinski definition) is 3. The van der Waals surface area contributed by atoms with E-state index in [9.17, 15) is 9.59 Å². The molecule has 126 valence electrons. The third kappa shape index (κ3) is 2.95. The van der Waals surface area contributed by atoms with Gasteiger partial charge in [-0.25, -0.2) is 4.79 Å². The first kappa shape index (κ1) is 16.4. The van der Waals surface area contributed by atoms with Crippen LogP contribution in [-0.2, 0) is 20.9 Å². The summed E-state index contributed by atoms with van der Waals surface area (Å²) < 4.78 is 6.75. The van der Waals surface area contributed by atoms with Gasteiger partial charge >= 0.3 is 5.97 Å². The predicted molar refractivity (Wildman–Crippen MR) is 91.3 cm³/mol. The smallest absolute Gasteiger partial charge is 0.338 e. The van der Waals surface area contributed by atoms with Gasteiger partial charge in [-0.1, -0.05) is 11.6 Å². The van der Waals surface area contributed by atoms with E-state index in [0.717, 1.165) is 5.56 Å². The zero-order valence-electron chi connectivity index (χ0n) is 13.0. The predicted octanol–water partition coefficient (Wildman–Crippen LogP) is 1.89. The standard InChI is InChI=1S/C16H17ClN4O3/c1-2-24-16(23)14-15(22)20-11-5-10(17)13(6-12(11)19-14)21-4-3-9(7-18)8-21/h3-6,8,14,19H,2,7,18H2,1H3,(H,20,22). The molecular formula is C16H17ClN4O3. The van der Waals surface area contributed by atoms with Crippen LogP contribution in [0.3, 0.4) is 0 Å². The van der Waals surface area contributed by atoms with Gasteiger partial charge in [0.15, 0.2) is 0 Å². The molecule has 4 N–H and O–H groups in total. The van der Waals surface area contributed by atoms with Gasteiger partial charge in [0.25, 0.3) is 5.91 Å². The fraction of sp³-hybridized carbons (Fsp3) is 0.250. The Morgan fingerprint density at radius 1 is 1.42 bits per heavy atom. The molecule has 0 radical (unpaired) electrons. The molecule has 1 atom stereocenters. The molecule has 2 heterocycles. The summed E-state index contributed by atoms with van der Waals surface area (Å²) in [6, 6.07) is 4.21. The third-order valence-electron chi connectivity index (χ3n) is 3.70. The first-order chi connectivity index (χ1) is 11.5. The minimum absolute atomic E-state index is 0.203. The molecule has 0 spiro atoms. The molecule has 0 saturated carbocycles. The van der Waals surface area contributed by atoms with Crippen molar-refractivity contribution < 1.29 is 14.3 Å². The van der Waals surface area contributed by atoms with Crippen LogP contribution in [0.1, 0.15) is 12.5 Å². The molecule has 3 rings (SSSR count). The van der Waals surface area contributed by atoms with E-state index in [1.807, 2.05) is 23.0 Å². The average Bonchev–Trinajstić information content (AvgIpc) is 3.02. The Morgan fingerprint density at radius 3 is 2.88 bits per heavy atom. The van der Waals surface area contributed by atoms with Crippen LogP contribution in [-0.4, -0.2) is 29.1 Å². The van der Waals surface area contributed by atoms with Gasteiger partial charge in [0, 0.05) is 18.9 Å². The molecule has 7 nitrogen and oxygen atoms in total. The van der Waals surface area contributed by atoms with E-state index in [-0.39, 0.29) is 6.61 Å². The Kier molecular flexibility index (Phi) is 4.46. The van der Waals surface area contributed by atoms with Crippen LogP contribution in [0.5, 0.6) is 0 Å². The Balaban J connectivity index is 1.96. The van der Waals surface area contributed by atoms with Crippen LogP contribution in [0.2, 0.25) is 5.02 Å². The fourth-order valence-electron chi connectivity index (χ4n) is 2.51. The normalized spacial score (nSPS) is 16.1. The number of halogens is 1. The van der Waals surface area contributed by atoms with Crippen LogP contribution >= 0.6 is 11.6 Å². The van der Waals surface area contributed by atoms with Crippen molar-refractivity contribution in [1.82, 2.24) is 4.57 Å². The molecule has 0 aliphatic carbocycles. The number of benzene rings is 1. The molecular weight excluding hydrogens is 332 g/mol. The molecule has 0 saturated heterocycles. The van der Waals surface area contributed by atoms with Gasteiger partial charge in [-0.2, -0.15) is 0 Å². The fourth-order valence-corrected chi connectivity index (χ4v) is 2.77. The third-order valence-corrected chi connectivity index (χ3v) is 4.00. The van der Waals surface area contributed by atoms with Gasteiger partial charge in [-0.05, 0) is 30.7 Å². The van der Waals surface area contributed by atoms with Crippen molar-refractivity contribution in [3.63, 3.8) is 0 Å². The second kappa shape index (κ2) is 6.54. The minimum atomic E-state index is -1.09. The first-order valence-corrected chi connectivity index (χ1v) is 7.86. The van der Waals surface area contributed by atoms with Crippen molar-refractivity contribution in [3.05, 3.63) is 41.2 Å². The topological polar surface area (TPSA) is 98.4 Å². The van der Waals surface area contributed by atoms with E-state index in [2.05, 4.69) is 10.6 Å². The number of anilines is 2. The molecule has 1 unspecified atom stereocenters. The molecule has 24 heavy (non-hydrogen) atoms. The second-order valence-electron chi connectivity index (χ2n) is 5.30. The lowest BCUT2D eigenvalue weighted by atomic mass is 10.1. The number of amides is 1. The highest BCUT2D eigenvalue weighted by atomic mass is 35.5. The minimum Gasteiger partial charge on any atom is -0.464 e. The lowest BCUT2D eigenvalue weighted by Gasteiger charge is -2.26. The number of carbonyl (C=O) groups excluding carboxylic acids is 2. The van der Waals surface area contributed by atoms with Crippen molar-refractivity contribution in [2.24, 2.45) is 5.73 Å². The highest BCUT2D eigenvalue weighted by molar-refractivity contribution is 6.33. The summed E-state index contributed by atoms with van der Waals surface area (Å²) in [6.07, 6.45) is 3.72. The maximum Gasteiger partial charge on any atom is 0.338 e. The van der Waals surface area contributed by atoms with E-state index in [0.29, 0.717) is 28.6 Å². The molecule has 0 fully saturated rings. The number of aromatic nitrogens is 1. The number of ether oxygens (including phenoxy) is 1. The lowest BCUT2D eigenvalue weighted by Crippen LogP contribution is -2.45. The number of nitrogens with two attached hydrogens (primary N) is 1. The molecule has 0 bridgehead atoms. The van der Waals surface area contributed by atoms with Crippen LogP contribution in [0.15, 0.2) is 30.6 Å². The summed E-state index contributed by atoms with van der Waals surface area (Å²) in [7, 11) is 0. The number of carbonyl (C=O) groups is 2. The molecule has 1 aliphatic rings. The zero-order valence-corrected chi connectivity index (χ0v) is 13.8. The highest BCUT2D eigenvalue weighted by Crippen LogP contribution is 2.35. The second-order valence-corrected chi connectivity index (χ2v) is 5.71. The van der Waals surface area contributed by atoms with Crippen molar-refractivity contribution in [1.29, 1.82) is 0 Å². The summed E-state index contributed by atoms with van der Waals surface area (Å²) in [5.74, 6) is -1.10. The van der Waals surface area contributed by atoms with Crippen molar-refractivity contribution in [3.8, 4) is 5.69 Å². The number of nitrogens with one attached hydrogen (secondary N) is 2. The van der Waals surface area contributed by atoms with E-state index in [4.69, 9.17) is 22.1 Å². The number of nitrogens with zero attached hydrogens (tertiary/aromatic N) is 1. The van der Waals surface area contributed by atoms with Crippen LogP contribution < -0.4 is 16.4 Å². The lowest BCUT2D eigenvalue weighted by molar-refractivity contribution is -0.146. The highest BCUT2D eigenvalue weighted by Gasteiger charge is 2.33. The van der Waals surface area contributed by atoms with Crippen molar-refractivity contribution >= 4 is 34.9 Å². The number of esters is 1. The van der Waals surface area contributed by atoms with E-state index >= 15 is 0 Å². The van der Waals surface area contributed by atoms with Crippen molar-refractivity contribution in [2.45, 2.75) is 19.5 Å². The molecule has 1 aromatic heterocycles. The maximum atomic E-state index is 12.0. The Labute approximate surface area is 143 Å². The number of fused-ring (bicyclic) bond motifs is 1. The van der Waals surface area contributed by atoms with Gasteiger partial charge in [0.2, 0.25) is 6.04 Å². The van der Waals surface area contributed by atoms with Crippen LogP contribution in [0.4, 0.5) is 11.4 Å². The molecule has 1 aliphatic heterocycles. The summed E-state index contributed by atoms with van der Waals surface area (Å²) in [6.45, 7) is 2.31. The zero-order chi connectivity index (χ0) is 17.3. The Hall–Kier alpha value is -2.51. The van der Waals surface area contributed by atoms with E-state index in [1.54, 1.807) is 19.1 Å². The molecule has 8 heteroatoms. The van der Waals surface area contributed by atoms with Gasteiger partial charge in [0.05, 0.1) is 28.7 Å². The quantitative estimate of drug-likeness (QED) is 0.579. The van der Waals surface area contributed by atoms with Crippen molar-refractivity contribution in [2.75, 3.05) is 17.2 Å². The maximum absolute atomic E-state index is 12.0. The summed E-state index contributed by atoms with van der Waals surface area (Å²) in [4.78, 5) is 23.9. The average molecular weight is 349 g/mol. The van der Waals surface area contributed by atoms with Gasteiger partial charge in [-0.3, -0.25) is 4.79 Å². The first-order valence-electron chi connectivity index (χ1n) is 7.48. The number of rotatable bonds is 4. The monoisotopic (exact) mass is 348 g/mol. The van der Waals surface area contributed by atoms with Gasteiger partial charge in [-0.15, -0.1) is 0 Å². The summed E-state index contributed by atoms with van der Waals surface area (Å²) in [5.41, 5.74) is 8.41. The van der Waals surface area contributed by atoms with Gasteiger partial charge < -0.3 is 25.7 Å². The summed E-state index contributed by atoms with van der Waals surface area (Å²) >= 11 is 6.32. The SMILES string of the molecule is CCOC(=O)C1Nc2cc(-n3ccc(CN)c3)c(Cl)cc2NC1=O. The van der Waals surface area contributed by atoms with Crippen LogP contribution in [0, 0.1) is 0 Å². The summed E-state index contributed by atoms with van der Waals surface area (Å²) in [5, 5.41) is 6.04. The van der Waals surface area contributed by atoms with E-state index < -0.39 is 17.9 Å². The largest absolute Gasteiger partial charge is 0.464 e. The Morgan fingerprint density at radius 2 is 2.21 bits per heavy atom. The Bertz CT molecular complexity index is 803. The number of hydrogen-bond acceptors (Lipinski definition) is 5. The van der Waals surface area contributed by atoms with Crippen LogP contribution in [0.25, 0.3) is 5.69 Å².